The van der Waals surface area contributed by atoms with Gasteiger partial charge in [0, 0.05) is 14.1 Å². The number of esters is 1. The minimum Gasteiger partial charge on any atom is -0.493 e. The Balaban J connectivity index is 1.82. The molecule has 0 saturated heterocycles. The minimum absolute atomic E-state index is 0.108. The summed E-state index contributed by atoms with van der Waals surface area (Å²) in [4.78, 5) is 28.9. The van der Waals surface area contributed by atoms with Gasteiger partial charge in [-0.3, -0.25) is 4.79 Å². The average Bonchev–Trinajstić information content (AvgIpc) is 3.07. The van der Waals surface area contributed by atoms with E-state index in [1.807, 2.05) is 30.3 Å². The van der Waals surface area contributed by atoms with Crippen LogP contribution in [0.15, 0.2) is 47.8 Å². The zero-order valence-corrected chi connectivity index (χ0v) is 18.5. The highest BCUT2D eigenvalue weighted by Gasteiger charge is 2.31. The molecule has 0 fully saturated rings. The third-order valence-corrected chi connectivity index (χ3v) is 5.09. The van der Waals surface area contributed by atoms with Gasteiger partial charge in [-0.2, -0.15) is 5.26 Å². The molecule has 0 atom stereocenters. The Hall–Kier alpha value is -4.19. The van der Waals surface area contributed by atoms with Crippen molar-refractivity contribution in [3.05, 3.63) is 53.4 Å². The van der Waals surface area contributed by atoms with Crippen LogP contribution in [-0.2, 0) is 9.53 Å². The van der Waals surface area contributed by atoms with Crippen molar-refractivity contribution in [2.24, 2.45) is 0 Å². The number of hydrogen-bond acceptors (Lipinski definition) is 9. The van der Waals surface area contributed by atoms with Crippen molar-refractivity contribution in [3.8, 4) is 23.3 Å². The van der Waals surface area contributed by atoms with E-state index in [1.165, 1.54) is 33.5 Å². The predicted octanol–water partition coefficient (Wildman–Crippen LogP) is 2.76. The quantitative estimate of drug-likeness (QED) is 0.368. The number of ketones is 1. The van der Waals surface area contributed by atoms with Gasteiger partial charge in [0.05, 0.1) is 38.3 Å². The molecule has 9 nitrogen and oxygen atoms in total. The van der Waals surface area contributed by atoms with Crippen LogP contribution in [0.2, 0.25) is 0 Å². The van der Waals surface area contributed by atoms with Gasteiger partial charge in [0.2, 0.25) is 11.5 Å². The van der Waals surface area contributed by atoms with Crippen LogP contribution < -0.4 is 24.0 Å². The van der Waals surface area contributed by atoms with Crippen LogP contribution in [0.25, 0.3) is 0 Å². The van der Waals surface area contributed by atoms with Crippen LogP contribution >= 0.6 is 0 Å². The highest BCUT2D eigenvalue weighted by atomic mass is 16.5. The Morgan fingerprint density at radius 3 is 1.91 bits per heavy atom. The lowest BCUT2D eigenvalue weighted by Gasteiger charge is -2.20. The van der Waals surface area contributed by atoms with E-state index in [4.69, 9.17) is 18.9 Å². The van der Waals surface area contributed by atoms with Crippen LogP contribution in [0.5, 0.6) is 17.2 Å². The molecule has 0 aliphatic carbocycles. The van der Waals surface area contributed by atoms with E-state index in [2.05, 4.69) is 0 Å². The first kappa shape index (κ1) is 22.5. The summed E-state index contributed by atoms with van der Waals surface area (Å²) < 4.78 is 20.9. The molecule has 9 heteroatoms. The molecule has 0 bridgehead atoms. The van der Waals surface area contributed by atoms with E-state index in [1.54, 1.807) is 23.9 Å². The lowest BCUT2D eigenvalue weighted by atomic mass is 10.1. The number of nitriles is 1. The van der Waals surface area contributed by atoms with E-state index in [0.717, 1.165) is 11.4 Å². The molecule has 32 heavy (non-hydrogen) atoms. The Morgan fingerprint density at radius 1 is 0.938 bits per heavy atom. The summed E-state index contributed by atoms with van der Waals surface area (Å²) >= 11 is 0. The van der Waals surface area contributed by atoms with E-state index < -0.39 is 18.4 Å². The molecular weight excluding hydrogens is 414 g/mol. The standard InChI is InChI=1S/C23H23N3O6/c1-25-16-8-6-7-9-17(16)26(2)22(25)15(12-24)18(27)13-32-23(28)14-10-19(29-3)21(31-5)20(11-14)30-4/h6-11H,13H2,1-5H3. The smallest absolute Gasteiger partial charge is 0.338 e. The van der Waals surface area contributed by atoms with Crippen molar-refractivity contribution in [2.75, 3.05) is 51.8 Å². The molecule has 0 amide bonds. The predicted molar refractivity (Wildman–Crippen MR) is 117 cm³/mol. The number of ether oxygens (including phenoxy) is 4. The second kappa shape index (κ2) is 9.31. The molecular formula is C23H23N3O6. The van der Waals surface area contributed by atoms with Crippen LogP contribution in [0.3, 0.4) is 0 Å². The van der Waals surface area contributed by atoms with Gasteiger partial charge in [-0.05, 0) is 24.3 Å². The van der Waals surface area contributed by atoms with Crippen LogP contribution in [0, 0.1) is 11.3 Å². The normalized spacial score (nSPS) is 12.1. The molecule has 0 radical (unpaired) electrons. The zero-order valence-electron chi connectivity index (χ0n) is 18.5. The Bertz CT molecular complexity index is 1080. The number of carbonyl (C=O) groups excluding carboxylic acids is 2. The molecule has 2 aromatic carbocycles. The fraction of sp³-hybridized carbons (Fsp3) is 0.261. The first-order chi connectivity index (χ1) is 15.4. The highest BCUT2D eigenvalue weighted by molar-refractivity contribution is 6.04. The molecule has 166 valence electrons. The number of methoxy groups -OCH3 is 3. The fourth-order valence-electron chi connectivity index (χ4n) is 3.54. The van der Waals surface area contributed by atoms with Gasteiger partial charge in [-0.15, -0.1) is 0 Å². The number of benzene rings is 2. The largest absolute Gasteiger partial charge is 0.493 e. The van der Waals surface area contributed by atoms with Crippen molar-refractivity contribution in [1.82, 2.24) is 0 Å². The Morgan fingerprint density at radius 2 is 1.47 bits per heavy atom. The number of para-hydroxylation sites is 2. The maximum atomic E-state index is 12.8. The van der Waals surface area contributed by atoms with Crippen LogP contribution in [0.4, 0.5) is 11.4 Å². The SMILES string of the molecule is COc1cc(C(=O)OCC(=O)C(C#N)=C2N(C)c3ccccc3N2C)cc(OC)c1OC. The van der Waals surface area contributed by atoms with Gasteiger partial charge in [-0.1, -0.05) is 12.1 Å². The van der Waals surface area contributed by atoms with Crippen molar-refractivity contribution in [2.45, 2.75) is 0 Å². The van der Waals surface area contributed by atoms with E-state index in [0.29, 0.717) is 11.6 Å². The van der Waals surface area contributed by atoms with Gasteiger partial charge in [0.25, 0.3) is 0 Å². The number of anilines is 2. The number of fused-ring (bicyclic) bond motifs is 1. The summed E-state index contributed by atoms with van der Waals surface area (Å²) in [7, 11) is 7.83. The monoisotopic (exact) mass is 437 g/mol. The average molecular weight is 437 g/mol. The second-order valence-corrected chi connectivity index (χ2v) is 6.83. The van der Waals surface area contributed by atoms with Gasteiger partial charge in [-0.25, -0.2) is 4.79 Å². The molecule has 3 rings (SSSR count). The van der Waals surface area contributed by atoms with E-state index >= 15 is 0 Å². The number of hydrogen-bond donors (Lipinski definition) is 0. The summed E-state index contributed by atoms with van der Waals surface area (Å²) in [5, 5.41) is 9.68. The number of carbonyl (C=O) groups is 2. The minimum atomic E-state index is -0.767. The van der Waals surface area contributed by atoms with Crippen LogP contribution in [-0.4, -0.2) is 53.8 Å². The molecule has 0 unspecified atom stereocenters. The molecule has 0 N–H and O–H groups in total. The van der Waals surface area contributed by atoms with Crippen molar-refractivity contribution < 1.29 is 28.5 Å². The number of nitrogens with zero attached hydrogens (tertiary/aromatic N) is 3. The molecule has 0 saturated carbocycles. The first-order valence-corrected chi connectivity index (χ1v) is 9.59. The summed E-state index contributed by atoms with van der Waals surface area (Å²) in [6, 6.07) is 12.3. The molecule has 2 aromatic rings. The van der Waals surface area contributed by atoms with Crippen molar-refractivity contribution >= 4 is 23.1 Å². The molecule has 1 aliphatic rings. The second-order valence-electron chi connectivity index (χ2n) is 6.83. The van der Waals surface area contributed by atoms with Crippen LogP contribution in [0.1, 0.15) is 10.4 Å². The third kappa shape index (κ3) is 3.90. The van der Waals surface area contributed by atoms with Crippen molar-refractivity contribution in [3.63, 3.8) is 0 Å². The molecule has 1 aliphatic heterocycles. The van der Waals surface area contributed by atoms with Gasteiger partial charge in [0.1, 0.15) is 17.5 Å². The fourth-order valence-corrected chi connectivity index (χ4v) is 3.54. The summed E-state index contributed by atoms with van der Waals surface area (Å²) in [5.74, 6) is -0.0894. The van der Waals surface area contributed by atoms with E-state index in [9.17, 15) is 14.9 Å². The number of Topliss-reactive ketones (excluding diaryl/α,β-unsaturated/α-hetero) is 1. The van der Waals surface area contributed by atoms with Gasteiger partial charge < -0.3 is 28.7 Å². The van der Waals surface area contributed by atoms with Crippen molar-refractivity contribution in [1.29, 1.82) is 5.26 Å². The zero-order chi connectivity index (χ0) is 23.4. The maximum absolute atomic E-state index is 12.8. The summed E-state index contributed by atoms with van der Waals surface area (Å²) in [6.45, 7) is -0.597. The summed E-state index contributed by atoms with van der Waals surface area (Å²) in [6.07, 6.45) is 0. The molecule has 1 heterocycles. The Kier molecular flexibility index (Phi) is 6.54. The molecule has 0 spiro atoms. The van der Waals surface area contributed by atoms with Gasteiger partial charge in [0.15, 0.2) is 18.1 Å². The highest BCUT2D eigenvalue weighted by Crippen LogP contribution is 2.40. The number of rotatable bonds is 7. The third-order valence-electron chi connectivity index (χ3n) is 5.09. The lowest BCUT2D eigenvalue weighted by molar-refractivity contribution is -0.118. The van der Waals surface area contributed by atoms with Gasteiger partial charge >= 0.3 is 5.97 Å². The van der Waals surface area contributed by atoms with E-state index in [-0.39, 0.29) is 22.6 Å². The summed E-state index contributed by atoms with van der Waals surface area (Å²) in [5.41, 5.74) is 1.73. The Labute approximate surface area is 185 Å². The first-order valence-electron chi connectivity index (χ1n) is 9.59. The lowest BCUT2D eigenvalue weighted by Crippen LogP contribution is -2.27. The maximum Gasteiger partial charge on any atom is 0.338 e. The molecule has 0 aromatic heterocycles. The topological polar surface area (TPSA) is 101 Å².